The first kappa shape index (κ1) is 16.4. The molecule has 0 amide bonds. The number of anilines is 3. The Hall–Kier alpha value is -3.47. The third-order valence-corrected chi connectivity index (χ3v) is 3.58. The maximum atomic E-state index is 11.5. The van der Waals surface area contributed by atoms with E-state index in [-0.39, 0.29) is 0 Å². The summed E-state index contributed by atoms with van der Waals surface area (Å²) in [6, 6.07) is 22.1. The Morgan fingerprint density at radius 2 is 1.60 bits per heavy atom. The molecule has 0 atom stereocenters. The number of benzene rings is 3. The molecule has 0 aromatic heterocycles. The molecule has 0 unspecified atom stereocenters. The number of nitrogens with two attached hydrogens (primary N) is 1. The van der Waals surface area contributed by atoms with Crippen molar-refractivity contribution in [3.63, 3.8) is 0 Å². The molecule has 3 aromatic rings. The quantitative estimate of drug-likeness (QED) is 0.527. The molecule has 3 rings (SSSR count). The summed E-state index contributed by atoms with van der Waals surface area (Å²) in [6.07, 6.45) is 0. The second-order valence-electron chi connectivity index (χ2n) is 5.36. The average molecular weight is 334 g/mol. The Morgan fingerprint density at radius 1 is 0.920 bits per heavy atom. The minimum Gasteiger partial charge on any atom is -0.465 e. The highest BCUT2D eigenvalue weighted by Crippen LogP contribution is 2.27. The van der Waals surface area contributed by atoms with Gasteiger partial charge in [0.1, 0.15) is 11.5 Å². The summed E-state index contributed by atoms with van der Waals surface area (Å²) in [5, 5.41) is 3.21. The summed E-state index contributed by atoms with van der Waals surface area (Å²) in [7, 11) is 1.34. The van der Waals surface area contributed by atoms with Crippen LogP contribution in [0.1, 0.15) is 10.4 Å². The lowest BCUT2D eigenvalue weighted by Gasteiger charge is -2.11. The monoisotopic (exact) mass is 334 g/mol. The van der Waals surface area contributed by atoms with Crippen molar-refractivity contribution in [1.82, 2.24) is 0 Å². The van der Waals surface area contributed by atoms with Gasteiger partial charge < -0.3 is 20.5 Å². The van der Waals surface area contributed by atoms with E-state index in [2.05, 4.69) is 10.1 Å². The largest absolute Gasteiger partial charge is 0.465 e. The highest BCUT2D eigenvalue weighted by molar-refractivity contribution is 5.92. The van der Waals surface area contributed by atoms with Crippen LogP contribution in [0.2, 0.25) is 0 Å². The van der Waals surface area contributed by atoms with Gasteiger partial charge in [-0.05, 0) is 54.6 Å². The number of nitrogen functional groups attached to an aromatic ring is 1. The minimum absolute atomic E-state index is 0.414. The molecular formula is C20H18N2O3. The minimum atomic E-state index is -0.416. The standard InChI is InChI=1S/C20H18N2O3/c1-24-20(23)14-7-12-19(18(21)13-14)22-15-8-10-17(11-9-15)25-16-5-3-2-4-6-16/h2-13,22H,21H2,1H3. The molecule has 25 heavy (non-hydrogen) atoms. The maximum Gasteiger partial charge on any atom is 0.337 e. The van der Waals surface area contributed by atoms with Gasteiger partial charge in [0, 0.05) is 5.69 Å². The van der Waals surface area contributed by atoms with Crippen LogP contribution < -0.4 is 15.8 Å². The van der Waals surface area contributed by atoms with Gasteiger partial charge in [-0.1, -0.05) is 18.2 Å². The lowest BCUT2D eigenvalue weighted by atomic mass is 10.1. The number of carbonyl (C=O) groups is 1. The van der Waals surface area contributed by atoms with Crippen LogP contribution in [0.25, 0.3) is 0 Å². The number of rotatable bonds is 5. The number of nitrogens with one attached hydrogen (secondary N) is 1. The normalized spacial score (nSPS) is 10.1. The third kappa shape index (κ3) is 4.09. The van der Waals surface area contributed by atoms with Gasteiger partial charge >= 0.3 is 5.97 Å². The lowest BCUT2D eigenvalue weighted by Crippen LogP contribution is -2.03. The highest BCUT2D eigenvalue weighted by atomic mass is 16.5. The molecule has 0 radical (unpaired) electrons. The summed E-state index contributed by atoms with van der Waals surface area (Å²) in [6.45, 7) is 0. The molecule has 0 spiro atoms. The molecule has 0 aliphatic rings. The zero-order valence-corrected chi connectivity index (χ0v) is 13.7. The Bertz CT molecular complexity index is 862. The number of ether oxygens (including phenoxy) is 2. The third-order valence-electron chi connectivity index (χ3n) is 3.58. The molecule has 0 aliphatic carbocycles. The fourth-order valence-corrected chi connectivity index (χ4v) is 2.31. The van der Waals surface area contributed by atoms with Crippen molar-refractivity contribution in [3.05, 3.63) is 78.4 Å². The van der Waals surface area contributed by atoms with Crippen molar-refractivity contribution in [2.75, 3.05) is 18.2 Å². The highest BCUT2D eigenvalue weighted by Gasteiger charge is 2.08. The van der Waals surface area contributed by atoms with E-state index in [4.69, 9.17) is 10.5 Å². The Labute approximate surface area is 146 Å². The average Bonchev–Trinajstić information content (AvgIpc) is 2.65. The van der Waals surface area contributed by atoms with Gasteiger partial charge in [-0.2, -0.15) is 0 Å². The maximum absolute atomic E-state index is 11.5. The van der Waals surface area contributed by atoms with Crippen LogP contribution >= 0.6 is 0 Å². The molecule has 0 saturated heterocycles. The SMILES string of the molecule is COC(=O)c1ccc(Nc2ccc(Oc3ccccc3)cc2)c(N)c1. The van der Waals surface area contributed by atoms with Crippen molar-refractivity contribution in [3.8, 4) is 11.5 Å². The van der Waals surface area contributed by atoms with E-state index in [1.54, 1.807) is 18.2 Å². The number of hydrogen-bond acceptors (Lipinski definition) is 5. The number of carbonyl (C=O) groups excluding carboxylic acids is 1. The van der Waals surface area contributed by atoms with Gasteiger partial charge in [-0.3, -0.25) is 0 Å². The molecule has 0 saturated carbocycles. The number of para-hydroxylation sites is 1. The molecule has 0 fully saturated rings. The van der Waals surface area contributed by atoms with E-state index in [0.717, 1.165) is 17.2 Å². The van der Waals surface area contributed by atoms with Crippen molar-refractivity contribution in [1.29, 1.82) is 0 Å². The molecular weight excluding hydrogens is 316 g/mol. The van der Waals surface area contributed by atoms with Crippen molar-refractivity contribution in [2.24, 2.45) is 0 Å². The van der Waals surface area contributed by atoms with Gasteiger partial charge in [0.25, 0.3) is 0 Å². The van der Waals surface area contributed by atoms with E-state index in [0.29, 0.717) is 16.9 Å². The molecule has 5 heteroatoms. The van der Waals surface area contributed by atoms with Crippen LogP contribution in [0.15, 0.2) is 72.8 Å². The number of esters is 1. The molecule has 3 N–H and O–H groups in total. The topological polar surface area (TPSA) is 73.6 Å². The van der Waals surface area contributed by atoms with E-state index in [1.807, 2.05) is 54.6 Å². The Kier molecular flexibility index (Phi) is 4.85. The van der Waals surface area contributed by atoms with Crippen molar-refractivity contribution >= 4 is 23.0 Å². The van der Waals surface area contributed by atoms with Crippen LogP contribution in [0.3, 0.4) is 0 Å². The first-order valence-corrected chi connectivity index (χ1v) is 7.73. The smallest absolute Gasteiger partial charge is 0.337 e. The van der Waals surface area contributed by atoms with Gasteiger partial charge in [-0.15, -0.1) is 0 Å². The fourth-order valence-electron chi connectivity index (χ4n) is 2.31. The summed E-state index contributed by atoms with van der Waals surface area (Å²) < 4.78 is 10.4. The summed E-state index contributed by atoms with van der Waals surface area (Å²) >= 11 is 0. The van der Waals surface area contributed by atoms with Crippen molar-refractivity contribution in [2.45, 2.75) is 0 Å². The van der Waals surface area contributed by atoms with Gasteiger partial charge in [0.2, 0.25) is 0 Å². The van der Waals surface area contributed by atoms with Gasteiger partial charge in [0.05, 0.1) is 24.0 Å². The second kappa shape index (κ2) is 7.40. The first-order chi connectivity index (χ1) is 12.2. The molecule has 0 bridgehead atoms. The summed E-state index contributed by atoms with van der Waals surface area (Å²) in [5.41, 5.74) is 8.45. The zero-order chi connectivity index (χ0) is 17.6. The zero-order valence-electron chi connectivity index (χ0n) is 13.7. The Morgan fingerprint density at radius 3 is 2.24 bits per heavy atom. The summed E-state index contributed by atoms with van der Waals surface area (Å²) in [4.78, 5) is 11.5. The van der Waals surface area contributed by atoms with Crippen LogP contribution in [0.4, 0.5) is 17.1 Å². The van der Waals surface area contributed by atoms with Crippen LogP contribution in [-0.2, 0) is 4.74 Å². The van der Waals surface area contributed by atoms with Gasteiger partial charge in [0.15, 0.2) is 0 Å². The molecule has 126 valence electrons. The van der Waals surface area contributed by atoms with E-state index >= 15 is 0 Å². The summed E-state index contributed by atoms with van der Waals surface area (Å²) in [5.74, 6) is 1.11. The number of hydrogen-bond donors (Lipinski definition) is 2. The van der Waals surface area contributed by atoms with E-state index in [9.17, 15) is 4.79 Å². The predicted molar refractivity (Wildman–Crippen MR) is 98.4 cm³/mol. The fraction of sp³-hybridized carbons (Fsp3) is 0.0500. The van der Waals surface area contributed by atoms with Crippen molar-refractivity contribution < 1.29 is 14.3 Å². The second-order valence-corrected chi connectivity index (χ2v) is 5.36. The molecule has 0 heterocycles. The van der Waals surface area contributed by atoms with Crippen LogP contribution in [-0.4, -0.2) is 13.1 Å². The lowest BCUT2D eigenvalue weighted by molar-refractivity contribution is 0.0601. The van der Waals surface area contributed by atoms with E-state index < -0.39 is 5.97 Å². The first-order valence-electron chi connectivity index (χ1n) is 7.73. The molecule has 3 aromatic carbocycles. The predicted octanol–water partition coefficient (Wildman–Crippen LogP) is 4.59. The Balaban J connectivity index is 1.70. The van der Waals surface area contributed by atoms with E-state index in [1.165, 1.54) is 7.11 Å². The van der Waals surface area contributed by atoms with Crippen LogP contribution in [0.5, 0.6) is 11.5 Å². The molecule has 0 aliphatic heterocycles. The number of methoxy groups -OCH3 is 1. The van der Waals surface area contributed by atoms with Gasteiger partial charge in [-0.25, -0.2) is 4.79 Å². The molecule has 5 nitrogen and oxygen atoms in total. The van der Waals surface area contributed by atoms with Crippen LogP contribution in [0, 0.1) is 0 Å².